The summed E-state index contributed by atoms with van der Waals surface area (Å²) in [6.07, 6.45) is -1.67. The molecule has 8 N–H and O–H groups in total. The number of aliphatic carboxylic acids is 2. The summed E-state index contributed by atoms with van der Waals surface area (Å²) in [5, 5.41) is 35.1. The van der Waals surface area contributed by atoms with Gasteiger partial charge in [-0.25, -0.2) is 4.79 Å². The summed E-state index contributed by atoms with van der Waals surface area (Å²) in [5.74, 6) is -5.59. The molecule has 6 unspecified atom stereocenters. The van der Waals surface area contributed by atoms with E-state index in [-0.39, 0.29) is 12.3 Å². The van der Waals surface area contributed by atoms with Crippen LogP contribution in [-0.4, -0.2) is 75.3 Å². The molecule has 0 bridgehead atoms. The first-order chi connectivity index (χ1) is 14.7. The van der Waals surface area contributed by atoms with Crippen molar-refractivity contribution < 1.29 is 39.3 Å². The van der Waals surface area contributed by atoms with E-state index in [1.807, 2.05) is 0 Å². The zero-order chi connectivity index (χ0) is 25.2. The summed E-state index contributed by atoms with van der Waals surface area (Å²) in [7, 11) is 0. The molecular weight excluding hydrogens is 424 g/mol. The lowest BCUT2D eigenvalue weighted by Crippen LogP contribution is -2.61. The second kappa shape index (κ2) is 13.6. The third-order valence-corrected chi connectivity index (χ3v) is 5.14. The first-order valence-corrected chi connectivity index (χ1v) is 10.5. The van der Waals surface area contributed by atoms with E-state index in [9.17, 15) is 34.2 Å². The average molecular weight is 461 g/mol. The SMILES string of the molecule is CCC(C)C(NC(=O)C(NC(=O)C(N)C(C)C)C(C)O)C(=O)NC(CCC(=O)O)C(=O)O. The number of carbonyl (C=O) groups is 5. The standard InChI is InChI=1S/C20H36N4O8/c1-6-10(4)15(18(29)22-12(20(31)32)7-8-13(26)27)23-19(30)16(11(5)25)24-17(28)14(21)9(2)3/h9-12,14-16,25H,6-8,21H2,1-5H3,(H,22,29)(H,23,30)(H,24,28)(H,26,27)(H,31,32). The van der Waals surface area contributed by atoms with Crippen LogP contribution in [0.5, 0.6) is 0 Å². The molecule has 0 radical (unpaired) electrons. The van der Waals surface area contributed by atoms with Gasteiger partial charge in [0.15, 0.2) is 0 Å². The smallest absolute Gasteiger partial charge is 0.326 e. The minimum Gasteiger partial charge on any atom is -0.481 e. The molecule has 184 valence electrons. The van der Waals surface area contributed by atoms with Gasteiger partial charge in [-0.2, -0.15) is 0 Å². The first-order valence-electron chi connectivity index (χ1n) is 10.5. The molecule has 12 nitrogen and oxygen atoms in total. The molecular formula is C20H36N4O8. The minimum atomic E-state index is -1.46. The number of carboxylic acid groups (broad SMARTS) is 2. The summed E-state index contributed by atoms with van der Waals surface area (Å²) in [6.45, 7) is 8.13. The predicted molar refractivity (Wildman–Crippen MR) is 114 cm³/mol. The number of aliphatic hydroxyl groups excluding tert-OH is 1. The lowest BCUT2D eigenvalue weighted by Gasteiger charge is -2.29. The minimum absolute atomic E-state index is 0.217. The van der Waals surface area contributed by atoms with Crippen LogP contribution >= 0.6 is 0 Å². The van der Waals surface area contributed by atoms with Crippen LogP contribution in [0.25, 0.3) is 0 Å². The van der Waals surface area contributed by atoms with Gasteiger partial charge in [-0.1, -0.05) is 34.1 Å². The molecule has 0 aromatic rings. The van der Waals surface area contributed by atoms with Crippen molar-refractivity contribution in [1.29, 1.82) is 0 Å². The molecule has 12 heteroatoms. The average Bonchev–Trinajstić information content (AvgIpc) is 2.70. The lowest BCUT2D eigenvalue weighted by atomic mass is 9.96. The van der Waals surface area contributed by atoms with E-state index in [1.54, 1.807) is 27.7 Å². The maximum Gasteiger partial charge on any atom is 0.326 e. The number of nitrogens with two attached hydrogens (primary N) is 1. The monoisotopic (exact) mass is 460 g/mol. The molecule has 0 heterocycles. The Balaban J connectivity index is 5.50. The van der Waals surface area contributed by atoms with Gasteiger partial charge in [0.2, 0.25) is 17.7 Å². The molecule has 0 aliphatic heterocycles. The Morgan fingerprint density at radius 1 is 0.844 bits per heavy atom. The fourth-order valence-corrected chi connectivity index (χ4v) is 2.69. The largest absolute Gasteiger partial charge is 0.481 e. The van der Waals surface area contributed by atoms with E-state index in [1.165, 1.54) is 6.92 Å². The Morgan fingerprint density at radius 2 is 1.34 bits per heavy atom. The molecule has 0 fully saturated rings. The second-order valence-electron chi connectivity index (χ2n) is 8.20. The van der Waals surface area contributed by atoms with Gasteiger partial charge in [0.05, 0.1) is 12.1 Å². The maximum atomic E-state index is 12.8. The van der Waals surface area contributed by atoms with Gasteiger partial charge in [0.1, 0.15) is 18.1 Å². The van der Waals surface area contributed by atoms with Crippen LogP contribution in [0.15, 0.2) is 0 Å². The molecule has 0 saturated heterocycles. The fourth-order valence-electron chi connectivity index (χ4n) is 2.69. The van der Waals surface area contributed by atoms with Gasteiger partial charge in [0.25, 0.3) is 0 Å². The van der Waals surface area contributed by atoms with E-state index in [2.05, 4.69) is 16.0 Å². The van der Waals surface area contributed by atoms with Gasteiger partial charge in [-0.15, -0.1) is 0 Å². The van der Waals surface area contributed by atoms with E-state index < -0.39 is 72.3 Å². The van der Waals surface area contributed by atoms with Crippen LogP contribution in [0.4, 0.5) is 0 Å². The molecule has 0 spiro atoms. The highest BCUT2D eigenvalue weighted by Crippen LogP contribution is 2.11. The maximum absolute atomic E-state index is 12.8. The summed E-state index contributed by atoms with van der Waals surface area (Å²) < 4.78 is 0. The van der Waals surface area contributed by atoms with Crippen molar-refractivity contribution in [1.82, 2.24) is 16.0 Å². The normalized spacial score (nSPS) is 16.8. The van der Waals surface area contributed by atoms with Gasteiger partial charge < -0.3 is 37.0 Å². The molecule has 3 amide bonds. The molecule has 0 aliphatic carbocycles. The van der Waals surface area contributed by atoms with Crippen LogP contribution in [-0.2, 0) is 24.0 Å². The quantitative estimate of drug-likeness (QED) is 0.166. The molecule has 0 rings (SSSR count). The highest BCUT2D eigenvalue weighted by Gasteiger charge is 2.34. The number of hydrogen-bond donors (Lipinski definition) is 7. The number of nitrogens with one attached hydrogen (secondary N) is 3. The van der Waals surface area contributed by atoms with E-state index in [0.29, 0.717) is 6.42 Å². The van der Waals surface area contributed by atoms with Gasteiger partial charge in [-0.05, 0) is 25.2 Å². The van der Waals surface area contributed by atoms with Crippen molar-refractivity contribution in [3.63, 3.8) is 0 Å². The molecule has 0 saturated carbocycles. The lowest BCUT2D eigenvalue weighted by molar-refractivity contribution is -0.144. The zero-order valence-corrected chi connectivity index (χ0v) is 19.1. The Bertz CT molecular complexity index is 683. The predicted octanol–water partition coefficient (Wildman–Crippen LogP) is -1.20. The van der Waals surface area contributed by atoms with Crippen LogP contribution < -0.4 is 21.7 Å². The first kappa shape index (κ1) is 29.3. The van der Waals surface area contributed by atoms with Crippen molar-refractivity contribution in [3.8, 4) is 0 Å². The summed E-state index contributed by atoms with van der Waals surface area (Å²) in [5.41, 5.74) is 5.77. The Labute approximate surface area is 187 Å². The topological polar surface area (TPSA) is 208 Å². The fraction of sp³-hybridized carbons (Fsp3) is 0.750. The molecule has 0 aromatic heterocycles. The van der Waals surface area contributed by atoms with Gasteiger partial charge in [-0.3, -0.25) is 19.2 Å². The van der Waals surface area contributed by atoms with Crippen LogP contribution in [0.1, 0.15) is 53.9 Å². The van der Waals surface area contributed by atoms with Crippen molar-refractivity contribution in [2.75, 3.05) is 0 Å². The number of amides is 3. The van der Waals surface area contributed by atoms with Crippen LogP contribution in [0.3, 0.4) is 0 Å². The summed E-state index contributed by atoms with van der Waals surface area (Å²) >= 11 is 0. The Kier molecular flexibility index (Phi) is 12.5. The van der Waals surface area contributed by atoms with Crippen molar-refractivity contribution >= 4 is 29.7 Å². The number of rotatable bonds is 14. The number of aliphatic hydroxyl groups is 1. The number of carbonyl (C=O) groups excluding carboxylic acids is 3. The zero-order valence-electron chi connectivity index (χ0n) is 19.1. The highest BCUT2D eigenvalue weighted by atomic mass is 16.4. The highest BCUT2D eigenvalue weighted by molar-refractivity contribution is 5.94. The molecule has 0 aromatic carbocycles. The molecule has 6 atom stereocenters. The van der Waals surface area contributed by atoms with E-state index >= 15 is 0 Å². The van der Waals surface area contributed by atoms with Crippen LogP contribution in [0.2, 0.25) is 0 Å². The van der Waals surface area contributed by atoms with Crippen molar-refractivity contribution in [2.24, 2.45) is 17.6 Å². The third kappa shape index (κ3) is 9.60. The van der Waals surface area contributed by atoms with E-state index in [4.69, 9.17) is 10.8 Å². The molecule has 0 aliphatic rings. The van der Waals surface area contributed by atoms with Gasteiger partial charge in [0, 0.05) is 6.42 Å². The Hall–Kier alpha value is -2.73. The summed E-state index contributed by atoms with van der Waals surface area (Å²) in [6, 6.07) is -4.95. The van der Waals surface area contributed by atoms with Gasteiger partial charge >= 0.3 is 11.9 Å². The number of carboxylic acids is 2. The van der Waals surface area contributed by atoms with Crippen LogP contribution in [0, 0.1) is 11.8 Å². The Morgan fingerprint density at radius 3 is 1.75 bits per heavy atom. The number of hydrogen-bond acceptors (Lipinski definition) is 7. The molecule has 32 heavy (non-hydrogen) atoms. The third-order valence-electron chi connectivity index (χ3n) is 5.14. The van der Waals surface area contributed by atoms with E-state index in [0.717, 1.165) is 0 Å². The second-order valence-corrected chi connectivity index (χ2v) is 8.20. The van der Waals surface area contributed by atoms with Crippen molar-refractivity contribution in [3.05, 3.63) is 0 Å². The van der Waals surface area contributed by atoms with Crippen molar-refractivity contribution in [2.45, 2.75) is 84.2 Å². The summed E-state index contributed by atoms with van der Waals surface area (Å²) in [4.78, 5) is 59.9.